The summed E-state index contributed by atoms with van der Waals surface area (Å²) < 4.78 is 7.12. The summed E-state index contributed by atoms with van der Waals surface area (Å²) in [7, 11) is 1.84. The monoisotopic (exact) mass is 394 g/mol. The van der Waals surface area contributed by atoms with Crippen molar-refractivity contribution in [1.29, 1.82) is 0 Å². The van der Waals surface area contributed by atoms with E-state index in [0.29, 0.717) is 36.4 Å². The lowest BCUT2D eigenvalue weighted by Crippen LogP contribution is -2.40. The van der Waals surface area contributed by atoms with Crippen LogP contribution < -0.4 is 5.32 Å². The Morgan fingerprint density at radius 1 is 1.31 bits per heavy atom. The SMILES string of the molecule is Cc1cc(C(=O)NCC2CCCN(Cc3noc(-c4ccccc4)n3)C2)nn1C. The summed E-state index contributed by atoms with van der Waals surface area (Å²) >= 11 is 0. The lowest BCUT2D eigenvalue weighted by atomic mass is 9.98. The van der Waals surface area contributed by atoms with Crippen LogP contribution in [0.5, 0.6) is 0 Å². The van der Waals surface area contributed by atoms with Gasteiger partial charge < -0.3 is 9.84 Å². The summed E-state index contributed by atoms with van der Waals surface area (Å²) in [5.74, 6) is 1.53. The number of carbonyl (C=O) groups excluding carboxylic acids is 1. The fraction of sp³-hybridized carbons (Fsp3) is 0.429. The first kappa shape index (κ1) is 19.3. The van der Waals surface area contributed by atoms with Gasteiger partial charge in [0.15, 0.2) is 5.82 Å². The summed E-state index contributed by atoms with van der Waals surface area (Å²) in [6.07, 6.45) is 2.19. The normalized spacial score (nSPS) is 17.4. The maximum absolute atomic E-state index is 12.3. The van der Waals surface area contributed by atoms with Crippen molar-refractivity contribution in [3.63, 3.8) is 0 Å². The maximum atomic E-state index is 12.3. The molecule has 3 aromatic rings. The van der Waals surface area contributed by atoms with E-state index in [2.05, 4.69) is 25.5 Å². The lowest BCUT2D eigenvalue weighted by molar-refractivity contribution is 0.0924. The van der Waals surface area contributed by atoms with Crippen molar-refractivity contribution in [2.75, 3.05) is 19.6 Å². The Morgan fingerprint density at radius 2 is 2.14 bits per heavy atom. The van der Waals surface area contributed by atoms with Gasteiger partial charge in [0.25, 0.3) is 11.8 Å². The van der Waals surface area contributed by atoms with Gasteiger partial charge in [0.2, 0.25) is 0 Å². The minimum atomic E-state index is -0.114. The second-order valence-electron chi connectivity index (χ2n) is 7.63. The third kappa shape index (κ3) is 4.71. The second kappa shape index (κ2) is 8.57. The summed E-state index contributed by atoms with van der Waals surface area (Å²) in [4.78, 5) is 19.2. The average Bonchev–Trinajstić information content (AvgIpc) is 3.34. The number of aromatic nitrogens is 4. The summed E-state index contributed by atoms with van der Waals surface area (Å²) in [6, 6.07) is 11.6. The molecule has 4 rings (SSSR count). The highest BCUT2D eigenvalue weighted by molar-refractivity contribution is 5.92. The molecule has 152 valence electrons. The molecule has 2 aromatic heterocycles. The number of rotatable bonds is 6. The third-order valence-corrected chi connectivity index (χ3v) is 5.35. The highest BCUT2D eigenvalue weighted by Crippen LogP contribution is 2.20. The van der Waals surface area contributed by atoms with Crippen molar-refractivity contribution in [3.05, 3.63) is 53.6 Å². The average molecular weight is 394 g/mol. The van der Waals surface area contributed by atoms with E-state index in [9.17, 15) is 4.79 Å². The van der Waals surface area contributed by atoms with Gasteiger partial charge in [-0.1, -0.05) is 23.4 Å². The van der Waals surface area contributed by atoms with Gasteiger partial charge in [-0.15, -0.1) is 0 Å². The zero-order valence-corrected chi connectivity index (χ0v) is 16.8. The first-order valence-electron chi connectivity index (χ1n) is 9.97. The first-order valence-corrected chi connectivity index (χ1v) is 9.97. The number of hydrogen-bond donors (Lipinski definition) is 1. The van der Waals surface area contributed by atoms with Crippen LogP contribution in [0.2, 0.25) is 0 Å². The Kier molecular flexibility index (Phi) is 5.71. The number of nitrogens with zero attached hydrogens (tertiary/aromatic N) is 5. The number of hydrogen-bond acceptors (Lipinski definition) is 6. The fourth-order valence-corrected chi connectivity index (χ4v) is 3.68. The molecule has 3 heterocycles. The quantitative estimate of drug-likeness (QED) is 0.691. The Morgan fingerprint density at radius 3 is 2.90 bits per heavy atom. The topological polar surface area (TPSA) is 89.1 Å². The standard InChI is InChI=1S/C21H26N6O2/c1-15-11-18(24-26(15)2)20(28)22-12-16-7-6-10-27(13-16)14-19-23-21(29-25-19)17-8-4-3-5-9-17/h3-5,8-9,11,16H,6-7,10,12-14H2,1-2H3,(H,22,28). The summed E-state index contributed by atoms with van der Waals surface area (Å²) in [5, 5.41) is 11.4. The summed E-state index contributed by atoms with van der Waals surface area (Å²) in [5.41, 5.74) is 2.36. The molecule has 1 unspecified atom stereocenters. The molecule has 8 nitrogen and oxygen atoms in total. The minimum absolute atomic E-state index is 0.114. The van der Waals surface area contributed by atoms with Gasteiger partial charge in [-0.3, -0.25) is 14.4 Å². The molecule has 0 spiro atoms. The van der Waals surface area contributed by atoms with Crippen LogP contribution in [0.1, 0.15) is 34.8 Å². The maximum Gasteiger partial charge on any atom is 0.271 e. The van der Waals surface area contributed by atoms with Gasteiger partial charge in [-0.2, -0.15) is 10.1 Å². The van der Waals surface area contributed by atoms with Crippen molar-refractivity contribution < 1.29 is 9.32 Å². The molecule has 29 heavy (non-hydrogen) atoms. The first-order chi connectivity index (χ1) is 14.1. The van der Waals surface area contributed by atoms with Crippen molar-refractivity contribution in [3.8, 4) is 11.5 Å². The number of nitrogens with one attached hydrogen (secondary N) is 1. The van der Waals surface area contributed by atoms with Gasteiger partial charge >= 0.3 is 0 Å². The molecular formula is C21H26N6O2. The van der Waals surface area contributed by atoms with Crippen molar-refractivity contribution >= 4 is 5.91 Å². The van der Waals surface area contributed by atoms with E-state index < -0.39 is 0 Å². The highest BCUT2D eigenvalue weighted by Gasteiger charge is 2.23. The van der Waals surface area contributed by atoms with Crippen LogP contribution in [0, 0.1) is 12.8 Å². The van der Waals surface area contributed by atoms with Gasteiger partial charge in [0.05, 0.1) is 6.54 Å². The largest absolute Gasteiger partial charge is 0.350 e. The Hall–Kier alpha value is -3.00. The van der Waals surface area contributed by atoms with Crippen LogP contribution in [0.4, 0.5) is 0 Å². The molecule has 0 saturated carbocycles. The predicted molar refractivity (Wildman–Crippen MR) is 108 cm³/mol. The molecule has 1 amide bonds. The van der Waals surface area contributed by atoms with Gasteiger partial charge in [-0.05, 0) is 50.4 Å². The fourth-order valence-electron chi connectivity index (χ4n) is 3.68. The molecule has 1 saturated heterocycles. The van der Waals surface area contributed by atoms with Crippen LogP contribution in [0.15, 0.2) is 40.9 Å². The Bertz CT molecular complexity index is 945. The molecule has 0 aliphatic carbocycles. The van der Waals surface area contributed by atoms with E-state index in [1.165, 1.54) is 0 Å². The molecule has 0 bridgehead atoms. The number of carbonyl (C=O) groups is 1. The number of piperidine rings is 1. The van der Waals surface area contributed by atoms with Crippen LogP contribution >= 0.6 is 0 Å². The van der Waals surface area contributed by atoms with Gasteiger partial charge in [0.1, 0.15) is 5.69 Å². The van der Waals surface area contributed by atoms with Gasteiger partial charge in [0, 0.05) is 31.4 Å². The Labute approximate surface area is 169 Å². The molecule has 8 heteroatoms. The molecule has 1 aliphatic heterocycles. The molecule has 1 aromatic carbocycles. The molecule has 1 atom stereocenters. The zero-order chi connectivity index (χ0) is 20.2. The third-order valence-electron chi connectivity index (χ3n) is 5.35. The number of likely N-dealkylation sites (tertiary alicyclic amines) is 1. The van der Waals surface area contributed by atoms with E-state index >= 15 is 0 Å². The van der Waals surface area contributed by atoms with Gasteiger partial charge in [-0.25, -0.2) is 0 Å². The van der Waals surface area contributed by atoms with Crippen molar-refractivity contribution in [2.45, 2.75) is 26.3 Å². The van der Waals surface area contributed by atoms with E-state index in [1.807, 2.05) is 50.4 Å². The molecule has 1 fully saturated rings. The van der Waals surface area contributed by atoms with E-state index in [0.717, 1.165) is 37.2 Å². The van der Waals surface area contributed by atoms with Crippen molar-refractivity contribution in [1.82, 2.24) is 30.1 Å². The van der Waals surface area contributed by atoms with E-state index in [1.54, 1.807) is 4.68 Å². The van der Waals surface area contributed by atoms with Crippen molar-refractivity contribution in [2.24, 2.45) is 13.0 Å². The summed E-state index contributed by atoms with van der Waals surface area (Å²) in [6.45, 7) is 5.13. The number of aryl methyl sites for hydroxylation is 2. The van der Waals surface area contributed by atoms with Crippen LogP contribution in [-0.4, -0.2) is 50.4 Å². The molecular weight excluding hydrogens is 368 g/mol. The minimum Gasteiger partial charge on any atom is -0.350 e. The highest BCUT2D eigenvalue weighted by atomic mass is 16.5. The van der Waals surface area contributed by atoms with Crippen LogP contribution in [-0.2, 0) is 13.6 Å². The smallest absolute Gasteiger partial charge is 0.271 e. The Balaban J connectivity index is 1.29. The van der Waals surface area contributed by atoms with E-state index in [4.69, 9.17) is 4.52 Å². The van der Waals surface area contributed by atoms with Crippen LogP contribution in [0.3, 0.4) is 0 Å². The predicted octanol–water partition coefficient (Wildman–Crippen LogP) is 2.42. The second-order valence-corrected chi connectivity index (χ2v) is 7.63. The van der Waals surface area contributed by atoms with E-state index in [-0.39, 0.29) is 5.91 Å². The molecule has 1 aliphatic rings. The number of benzene rings is 1. The molecule has 1 N–H and O–H groups in total. The lowest BCUT2D eigenvalue weighted by Gasteiger charge is -2.31. The molecule has 0 radical (unpaired) electrons. The zero-order valence-electron chi connectivity index (χ0n) is 16.8. The number of amides is 1. The van der Waals surface area contributed by atoms with Crippen LogP contribution in [0.25, 0.3) is 11.5 Å².